The Morgan fingerprint density at radius 2 is 1.82 bits per heavy atom. The van der Waals surface area contributed by atoms with E-state index >= 15 is 0 Å². The minimum absolute atomic E-state index is 0.0396. The highest BCUT2D eigenvalue weighted by Crippen LogP contribution is 2.37. The fourth-order valence-electron chi connectivity index (χ4n) is 2.76. The van der Waals surface area contributed by atoms with Crippen LogP contribution in [0.25, 0.3) is 0 Å². The quantitative estimate of drug-likeness (QED) is 0.225. The van der Waals surface area contributed by atoms with Gasteiger partial charge in [0.15, 0.2) is 17.3 Å². The van der Waals surface area contributed by atoms with Gasteiger partial charge in [0, 0.05) is 11.8 Å². The highest BCUT2D eigenvalue weighted by atomic mass is 35.5. The second kappa shape index (κ2) is 10.7. The largest absolute Gasteiger partial charge is 0.478 e. The number of hydrogen-bond donors (Lipinski definition) is 3. The van der Waals surface area contributed by atoms with Crippen molar-refractivity contribution in [3.05, 3.63) is 75.1 Å². The number of nitrogen functional groups attached to an aromatic ring is 1. The minimum atomic E-state index is -1.28. The van der Waals surface area contributed by atoms with E-state index in [0.29, 0.717) is 5.69 Å². The first-order chi connectivity index (χ1) is 16.1. The van der Waals surface area contributed by atoms with Crippen LogP contribution in [0.5, 0.6) is 5.75 Å². The van der Waals surface area contributed by atoms with Gasteiger partial charge in [0.05, 0.1) is 21.2 Å². The van der Waals surface area contributed by atoms with Gasteiger partial charge in [-0.15, -0.1) is 10.2 Å². The fourth-order valence-corrected chi connectivity index (χ4v) is 3.31. The maximum atomic E-state index is 14.1. The average molecular weight is 507 g/mol. The summed E-state index contributed by atoms with van der Waals surface area (Å²) in [5, 5.41) is 18.8. The summed E-state index contributed by atoms with van der Waals surface area (Å²) < 4.78 is 25.6. The molecule has 0 unspecified atom stereocenters. The van der Waals surface area contributed by atoms with Crippen LogP contribution in [0.1, 0.15) is 32.7 Å². The third-order valence-corrected chi connectivity index (χ3v) is 5.07. The second-order valence-electron chi connectivity index (χ2n) is 7.21. The summed E-state index contributed by atoms with van der Waals surface area (Å²) in [5.74, 6) is -2.73. The van der Waals surface area contributed by atoms with E-state index in [1.807, 2.05) is 0 Å². The number of nitrogens with zero attached hydrogens (tertiary/aromatic N) is 2. The molecule has 13 heteroatoms. The van der Waals surface area contributed by atoms with E-state index in [-0.39, 0.29) is 45.3 Å². The summed E-state index contributed by atoms with van der Waals surface area (Å²) in [6, 6.07) is 9.15. The molecule has 0 fully saturated rings. The number of amides is 1. The number of anilines is 2. The molecule has 1 aromatic heterocycles. The Labute approximate surface area is 204 Å². The molecular weight excluding hydrogens is 489 g/mol. The Balaban J connectivity index is 1.88. The number of hydrogen-bond acceptors (Lipinski definition) is 7. The van der Waals surface area contributed by atoms with Crippen LogP contribution in [0.3, 0.4) is 0 Å². The topological polar surface area (TPSA) is 137 Å². The maximum Gasteiger partial charge on any atom is 0.335 e. The van der Waals surface area contributed by atoms with E-state index in [9.17, 15) is 14.0 Å². The molecule has 2 aromatic carbocycles. The van der Waals surface area contributed by atoms with E-state index in [0.717, 1.165) is 6.07 Å². The van der Waals surface area contributed by atoms with Crippen LogP contribution in [0.2, 0.25) is 23.7 Å². The highest BCUT2D eigenvalue weighted by molar-refractivity contribution is 6.48. The molecule has 0 radical (unpaired) electrons. The van der Waals surface area contributed by atoms with Crippen molar-refractivity contribution in [2.75, 3.05) is 11.1 Å². The number of rotatable bonds is 8. The number of ether oxygens (including phenoxy) is 1. The van der Waals surface area contributed by atoms with Gasteiger partial charge in [0.25, 0.3) is 12.8 Å². The molecule has 0 spiro atoms. The van der Waals surface area contributed by atoms with Gasteiger partial charge in [-0.1, -0.05) is 36.8 Å². The molecule has 176 valence electrons. The molecule has 4 N–H and O–H groups in total. The molecule has 0 bridgehead atoms. The Kier molecular flexibility index (Phi) is 7.92. The smallest absolute Gasteiger partial charge is 0.335 e. The van der Waals surface area contributed by atoms with Gasteiger partial charge < -0.3 is 25.5 Å². The van der Waals surface area contributed by atoms with E-state index < -0.39 is 24.0 Å². The number of nitrogens with two attached hydrogens (primary N) is 1. The van der Waals surface area contributed by atoms with Crippen LogP contribution in [0.15, 0.2) is 42.5 Å². The molecule has 0 aliphatic rings. The number of aromatic carboxylic acids is 1. The van der Waals surface area contributed by atoms with Gasteiger partial charge in [-0.3, -0.25) is 4.79 Å². The lowest BCUT2D eigenvalue weighted by Gasteiger charge is -2.24. The zero-order valence-corrected chi connectivity index (χ0v) is 19.4. The van der Waals surface area contributed by atoms with Crippen LogP contribution in [0, 0.1) is 5.82 Å². The van der Waals surface area contributed by atoms with Gasteiger partial charge in [0.2, 0.25) is 6.29 Å². The number of aromatic nitrogens is 2. The summed E-state index contributed by atoms with van der Waals surface area (Å²) in [5.41, 5.74) is 6.14. The normalized spacial score (nSPS) is 11.6. The summed E-state index contributed by atoms with van der Waals surface area (Å²) in [4.78, 5) is 23.6. The Morgan fingerprint density at radius 3 is 2.44 bits per heavy atom. The van der Waals surface area contributed by atoms with Gasteiger partial charge in [-0.25, -0.2) is 9.18 Å². The van der Waals surface area contributed by atoms with E-state index in [1.165, 1.54) is 36.4 Å². The van der Waals surface area contributed by atoms with Gasteiger partial charge in [0.1, 0.15) is 5.82 Å². The summed E-state index contributed by atoms with van der Waals surface area (Å²) in [6.45, 7) is 3.06. The summed E-state index contributed by atoms with van der Waals surface area (Å²) in [6.07, 6.45) is -1.28. The molecular formula is C21H18BCl2FN4O5. The minimum Gasteiger partial charge on any atom is -0.478 e. The summed E-state index contributed by atoms with van der Waals surface area (Å²) >= 11 is 12.3. The molecule has 3 aromatic rings. The number of carbonyl (C=O) groups excluding carboxylic acids is 1. The molecule has 0 aliphatic heterocycles. The fraction of sp³-hybridized carbons (Fsp3) is 0.143. The van der Waals surface area contributed by atoms with Crippen molar-refractivity contribution in [1.82, 2.24) is 10.2 Å². The van der Waals surface area contributed by atoms with Crippen LogP contribution in [0.4, 0.5) is 15.9 Å². The van der Waals surface area contributed by atoms with E-state index in [4.69, 9.17) is 43.4 Å². The van der Waals surface area contributed by atoms with Crippen LogP contribution in [-0.4, -0.2) is 34.1 Å². The first-order valence-corrected chi connectivity index (χ1v) is 10.6. The molecule has 1 heterocycles. The number of carboxylic acids is 1. The van der Waals surface area contributed by atoms with Crippen molar-refractivity contribution >= 4 is 53.5 Å². The third kappa shape index (κ3) is 5.93. The van der Waals surface area contributed by atoms with Crippen molar-refractivity contribution < 1.29 is 28.5 Å². The average Bonchev–Trinajstić information content (AvgIpc) is 2.78. The number of nitrogens with one attached hydrogen (secondary N) is 1. The molecule has 34 heavy (non-hydrogen) atoms. The number of halogens is 3. The predicted molar refractivity (Wildman–Crippen MR) is 126 cm³/mol. The first kappa shape index (κ1) is 25.2. The van der Waals surface area contributed by atoms with Gasteiger partial charge in [-0.2, -0.15) is 0 Å². The molecule has 0 saturated carbocycles. The second-order valence-corrected chi connectivity index (χ2v) is 7.99. The van der Waals surface area contributed by atoms with Crippen molar-refractivity contribution in [3.63, 3.8) is 0 Å². The van der Waals surface area contributed by atoms with Crippen molar-refractivity contribution in [3.8, 4) is 5.75 Å². The maximum absolute atomic E-state index is 14.1. The van der Waals surface area contributed by atoms with E-state index in [2.05, 4.69) is 15.5 Å². The first-order valence-electron chi connectivity index (χ1n) is 9.80. The van der Waals surface area contributed by atoms with Gasteiger partial charge in [-0.05, 0) is 36.4 Å². The summed E-state index contributed by atoms with van der Waals surface area (Å²) in [7, 11) is 0. The Morgan fingerprint density at radius 1 is 1.15 bits per heavy atom. The van der Waals surface area contributed by atoms with Crippen LogP contribution < -0.4 is 15.8 Å². The lowest BCUT2D eigenvalue weighted by atomic mass is 9.75. The number of benzene rings is 2. The molecule has 1 amide bonds. The molecule has 0 aliphatic carbocycles. The molecule has 9 nitrogen and oxygen atoms in total. The van der Waals surface area contributed by atoms with Crippen molar-refractivity contribution in [2.45, 2.75) is 19.9 Å². The van der Waals surface area contributed by atoms with Crippen molar-refractivity contribution in [1.29, 1.82) is 0 Å². The zero-order chi connectivity index (χ0) is 25.0. The molecule has 0 saturated heterocycles. The third-order valence-electron chi connectivity index (χ3n) is 4.35. The van der Waals surface area contributed by atoms with E-state index in [1.54, 1.807) is 13.6 Å². The van der Waals surface area contributed by atoms with Crippen LogP contribution >= 0.6 is 23.2 Å². The highest BCUT2D eigenvalue weighted by Gasteiger charge is 2.26. The monoisotopic (exact) mass is 506 g/mol. The van der Waals surface area contributed by atoms with Crippen molar-refractivity contribution in [2.24, 2.45) is 0 Å². The predicted octanol–water partition coefficient (Wildman–Crippen LogP) is 4.80. The number of carboxylic acid groups (broad SMARTS) is 1. The lowest BCUT2D eigenvalue weighted by Crippen LogP contribution is -2.21. The molecule has 1 atom stereocenters. The number of carbonyl (C=O) groups is 2. The lowest BCUT2D eigenvalue weighted by molar-refractivity contribution is 0.00249. The van der Waals surface area contributed by atoms with Gasteiger partial charge >= 0.3 is 5.97 Å². The standard InChI is InChI=1S/C21H18BCl2FN4O5/c1-22(2)34-21(16-12(23)7-8-13(25)17(16)24)33-15-9-14(28-29-18(15)26)19(30)27-11-5-3-10(4-6-11)20(31)32/h3-9,21H,1-2H3,(H2,26,29)(H,27,30)(H,31,32)/t21-/m1/s1. The Hall–Kier alpha value is -3.41. The zero-order valence-electron chi connectivity index (χ0n) is 17.9. The van der Waals surface area contributed by atoms with Crippen LogP contribution in [-0.2, 0) is 4.65 Å². The SMILES string of the molecule is CB(C)O[C@@H](Oc1cc(C(=O)Nc2ccc(C(=O)O)cc2)nnc1N)c1c(Cl)ccc(F)c1Cl. The Bertz CT molecular complexity index is 1230. The molecule has 3 rings (SSSR count).